The van der Waals surface area contributed by atoms with Crippen LogP contribution in [0.2, 0.25) is 0 Å². The van der Waals surface area contributed by atoms with E-state index in [1.807, 2.05) is 60.8 Å². The van der Waals surface area contributed by atoms with E-state index in [9.17, 15) is 4.79 Å². The van der Waals surface area contributed by atoms with Crippen molar-refractivity contribution in [3.8, 4) is 5.69 Å². The molecule has 0 fully saturated rings. The number of nitrogens with zero attached hydrogens (tertiary/aromatic N) is 3. The minimum atomic E-state index is -0.283. The van der Waals surface area contributed by atoms with Gasteiger partial charge in [0.05, 0.1) is 15.9 Å². The first-order chi connectivity index (χ1) is 12.3. The number of carbonyl (C=O) groups is 1. The van der Waals surface area contributed by atoms with E-state index in [1.54, 1.807) is 10.9 Å². The molecule has 2 amide bonds. The zero-order chi connectivity index (χ0) is 17.1. The first-order valence-corrected chi connectivity index (χ1v) is 8.59. The lowest BCUT2D eigenvalue weighted by Crippen LogP contribution is -2.28. The van der Waals surface area contributed by atoms with Crippen molar-refractivity contribution in [3.63, 3.8) is 0 Å². The Labute approximate surface area is 148 Å². The summed E-state index contributed by atoms with van der Waals surface area (Å²) in [6.07, 6.45) is 3.60. The third kappa shape index (κ3) is 3.36. The van der Waals surface area contributed by atoms with Gasteiger partial charge in [-0.2, -0.15) is 5.10 Å². The molecule has 6 nitrogen and oxygen atoms in total. The summed E-state index contributed by atoms with van der Waals surface area (Å²) in [6.45, 7) is 0.396. The van der Waals surface area contributed by atoms with Crippen LogP contribution in [0.25, 0.3) is 15.9 Å². The van der Waals surface area contributed by atoms with E-state index in [-0.39, 0.29) is 6.03 Å². The van der Waals surface area contributed by atoms with Crippen LogP contribution in [0.15, 0.2) is 67.0 Å². The number of rotatable bonds is 4. The van der Waals surface area contributed by atoms with E-state index < -0.39 is 0 Å². The van der Waals surface area contributed by atoms with Gasteiger partial charge in [0.15, 0.2) is 5.13 Å². The van der Waals surface area contributed by atoms with Crippen molar-refractivity contribution in [2.75, 3.05) is 5.32 Å². The van der Waals surface area contributed by atoms with Gasteiger partial charge in [-0.15, -0.1) is 0 Å². The van der Waals surface area contributed by atoms with Gasteiger partial charge in [-0.1, -0.05) is 41.7 Å². The number of fused-ring (bicyclic) bond motifs is 1. The Morgan fingerprint density at radius 3 is 2.76 bits per heavy atom. The Kier molecular flexibility index (Phi) is 4.14. The maximum atomic E-state index is 12.2. The SMILES string of the molecule is O=C(NCc1ccccc1-n1cccn1)Nc1nc2ccccc2s1. The molecule has 4 rings (SSSR count). The highest BCUT2D eigenvalue weighted by molar-refractivity contribution is 7.22. The second kappa shape index (κ2) is 6.74. The van der Waals surface area contributed by atoms with Crippen molar-refractivity contribution in [2.24, 2.45) is 0 Å². The van der Waals surface area contributed by atoms with E-state index in [4.69, 9.17) is 0 Å². The predicted molar refractivity (Wildman–Crippen MR) is 99.0 cm³/mol. The number of thiazole rings is 1. The van der Waals surface area contributed by atoms with Gasteiger partial charge in [-0.25, -0.2) is 14.5 Å². The lowest BCUT2D eigenvalue weighted by atomic mass is 10.2. The number of anilines is 1. The fourth-order valence-electron chi connectivity index (χ4n) is 2.54. The largest absolute Gasteiger partial charge is 0.334 e. The van der Waals surface area contributed by atoms with Crippen molar-refractivity contribution in [3.05, 3.63) is 72.6 Å². The third-order valence-corrected chi connectivity index (χ3v) is 4.65. The summed E-state index contributed by atoms with van der Waals surface area (Å²) < 4.78 is 2.82. The maximum absolute atomic E-state index is 12.2. The molecule has 4 aromatic rings. The lowest BCUT2D eigenvalue weighted by molar-refractivity contribution is 0.251. The fourth-order valence-corrected chi connectivity index (χ4v) is 3.40. The van der Waals surface area contributed by atoms with Gasteiger partial charge < -0.3 is 5.32 Å². The Bertz CT molecular complexity index is 976. The van der Waals surface area contributed by atoms with Crippen LogP contribution in [-0.2, 0) is 6.54 Å². The average molecular weight is 349 g/mol. The first-order valence-electron chi connectivity index (χ1n) is 7.78. The highest BCUT2D eigenvalue weighted by atomic mass is 32.1. The minimum Gasteiger partial charge on any atom is -0.334 e. The highest BCUT2D eigenvalue weighted by Crippen LogP contribution is 2.25. The second-order valence-electron chi connectivity index (χ2n) is 5.37. The minimum absolute atomic E-state index is 0.283. The zero-order valence-corrected chi connectivity index (χ0v) is 14.0. The van der Waals surface area contributed by atoms with Crippen molar-refractivity contribution in [1.29, 1.82) is 0 Å². The van der Waals surface area contributed by atoms with Gasteiger partial charge in [0.1, 0.15) is 0 Å². The fraction of sp³-hybridized carbons (Fsp3) is 0.0556. The summed E-state index contributed by atoms with van der Waals surface area (Å²) in [6, 6.07) is 17.2. The normalized spacial score (nSPS) is 10.7. The second-order valence-corrected chi connectivity index (χ2v) is 6.40. The Morgan fingerprint density at radius 2 is 1.92 bits per heavy atom. The van der Waals surface area contributed by atoms with Crippen molar-refractivity contribution in [2.45, 2.75) is 6.54 Å². The number of para-hydroxylation sites is 2. The van der Waals surface area contributed by atoms with Crippen LogP contribution in [0, 0.1) is 0 Å². The summed E-state index contributed by atoms with van der Waals surface area (Å²) >= 11 is 1.45. The maximum Gasteiger partial charge on any atom is 0.321 e. The lowest BCUT2D eigenvalue weighted by Gasteiger charge is -2.10. The molecule has 2 aromatic carbocycles. The molecule has 0 saturated carbocycles. The molecule has 124 valence electrons. The number of amides is 2. The molecule has 25 heavy (non-hydrogen) atoms. The number of aromatic nitrogens is 3. The molecule has 0 unspecified atom stereocenters. The molecule has 0 bridgehead atoms. The number of hydrogen-bond donors (Lipinski definition) is 2. The Balaban J connectivity index is 1.44. The number of benzene rings is 2. The zero-order valence-electron chi connectivity index (χ0n) is 13.2. The van der Waals surface area contributed by atoms with Gasteiger partial charge in [-0.05, 0) is 29.8 Å². The molecule has 0 atom stereocenters. The van der Waals surface area contributed by atoms with E-state index in [1.165, 1.54) is 11.3 Å². The van der Waals surface area contributed by atoms with Gasteiger partial charge in [-0.3, -0.25) is 5.32 Å². The van der Waals surface area contributed by atoms with Crippen molar-refractivity contribution >= 4 is 32.7 Å². The van der Waals surface area contributed by atoms with Crippen molar-refractivity contribution < 1.29 is 4.79 Å². The summed E-state index contributed by atoms with van der Waals surface area (Å²) in [5.74, 6) is 0. The van der Waals surface area contributed by atoms with Crippen molar-refractivity contribution in [1.82, 2.24) is 20.1 Å². The number of nitrogens with one attached hydrogen (secondary N) is 2. The van der Waals surface area contributed by atoms with E-state index in [2.05, 4.69) is 20.7 Å². The predicted octanol–water partition coefficient (Wildman–Crippen LogP) is 3.80. The molecule has 2 aromatic heterocycles. The van der Waals surface area contributed by atoms with E-state index in [0.29, 0.717) is 11.7 Å². The quantitative estimate of drug-likeness (QED) is 0.588. The smallest absolute Gasteiger partial charge is 0.321 e. The Hall–Kier alpha value is -3.19. The van der Waals surface area contributed by atoms with E-state index in [0.717, 1.165) is 21.5 Å². The van der Waals surface area contributed by atoms with Crippen LogP contribution in [0.4, 0.5) is 9.93 Å². The highest BCUT2D eigenvalue weighted by Gasteiger charge is 2.09. The van der Waals surface area contributed by atoms with Crippen LogP contribution in [-0.4, -0.2) is 20.8 Å². The Morgan fingerprint density at radius 1 is 1.08 bits per heavy atom. The molecule has 0 saturated heterocycles. The molecule has 0 aliphatic heterocycles. The van der Waals surface area contributed by atoms with Gasteiger partial charge >= 0.3 is 6.03 Å². The first kappa shape index (κ1) is 15.3. The number of urea groups is 1. The molecule has 2 N–H and O–H groups in total. The number of hydrogen-bond acceptors (Lipinski definition) is 4. The van der Waals surface area contributed by atoms with Crippen LogP contribution in [0.5, 0.6) is 0 Å². The number of carbonyl (C=O) groups excluding carboxylic acids is 1. The average Bonchev–Trinajstić information content (AvgIpc) is 3.29. The molecule has 0 spiro atoms. The molecule has 0 aliphatic rings. The third-order valence-electron chi connectivity index (χ3n) is 3.70. The van der Waals surface area contributed by atoms with E-state index >= 15 is 0 Å². The van der Waals surface area contributed by atoms with Gasteiger partial charge in [0.25, 0.3) is 0 Å². The van der Waals surface area contributed by atoms with Crippen LogP contribution in [0.3, 0.4) is 0 Å². The molecule has 0 aliphatic carbocycles. The molecule has 0 radical (unpaired) electrons. The van der Waals surface area contributed by atoms with Crippen LogP contribution >= 0.6 is 11.3 Å². The topological polar surface area (TPSA) is 71.8 Å². The molecule has 7 heteroatoms. The van der Waals surface area contributed by atoms with Crippen LogP contribution < -0.4 is 10.6 Å². The monoisotopic (exact) mass is 349 g/mol. The summed E-state index contributed by atoms with van der Waals surface area (Å²) in [4.78, 5) is 16.6. The van der Waals surface area contributed by atoms with Gasteiger partial charge in [0, 0.05) is 18.9 Å². The molecule has 2 heterocycles. The summed E-state index contributed by atoms with van der Waals surface area (Å²) in [5, 5.41) is 10.5. The molecular weight excluding hydrogens is 334 g/mol. The van der Waals surface area contributed by atoms with Crippen LogP contribution in [0.1, 0.15) is 5.56 Å². The standard InChI is InChI=1S/C18H15N5OS/c24-17(22-18-21-14-7-2-4-9-16(14)25-18)19-12-13-6-1-3-8-15(13)23-11-5-10-20-23/h1-11H,12H2,(H2,19,21,22,24). The summed E-state index contributed by atoms with van der Waals surface area (Å²) in [7, 11) is 0. The molecular formula is C18H15N5OS. The summed E-state index contributed by atoms with van der Waals surface area (Å²) in [5.41, 5.74) is 2.80. The van der Waals surface area contributed by atoms with Gasteiger partial charge in [0.2, 0.25) is 0 Å².